The SMILES string of the molecule is CCCCCCCCCCCC[Si](C)(O[SiH](C)O[Si](C)(C)C)O[Si](C)(C)O[Si](C)(C)C. The lowest BCUT2D eigenvalue weighted by atomic mass is 10.1. The molecule has 0 aromatic rings. The van der Waals surface area contributed by atoms with E-state index < -0.39 is 43.0 Å². The summed E-state index contributed by atoms with van der Waals surface area (Å²) in [5.41, 5.74) is 0. The molecule has 2 unspecified atom stereocenters. The van der Waals surface area contributed by atoms with Gasteiger partial charge in [0.1, 0.15) is 0 Å². The summed E-state index contributed by atoms with van der Waals surface area (Å²) in [4.78, 5) is 0. The molecule has 0 heterocycles. The molecule has 0 saturated carbocycles. The zero-order chi connectivity index (χ0) is 24.2. The van der Waals surface area contributed by atoms with Crippen molar-refractivity contribution in [3.05, 3.63) is 0 Å². The van der Waals surface area contributed by atoms with Crippen molar-refractivity contribution in [3.63, 3.8) is 0 Å². The van der Waals surface area contributed by atoms with Gasteiger partial charge >= 0.3 is 17.1 Å². The molecule has 4 nitrogen and oxygen atoms in total. The zero-order valence-corrected chi connectivity index (χ0v) is 28.1. The molecule has 0 rings (SSSR count). The zero-order valence-electron chi connectivity index (χ0n) is 23.0. The smallest absolute Gasteiger partial charge is 0.317 e. The lowest BCUT2D eigenvalue weighted by Gasteiger charge is -2.40. The third-order valence-corrected chi connectivity index (χ3v) is 21.8. The Bertz CT molecular complexity index is 466. The summed E-state index contributed by atoms with van der Waals surface area (Å²) in [6, 6.07) is 1.06. The molecule has 2 atom stereocenters. The van der Waals surface area contributed by atoms with Crippen molar-refractivity contribution in [2.45, 2.75) is 143 Å². The van der Waals surface area contributed by atoms with Gasteiger partial charge in [0.2, 0.25) is 0 Å². The Balaban J connectivity index is 4.67. The van der Waals surface area contributed by atoms with Crippen molar-refractivity contribution in [1.82, 2.24) is 0 Å². The molecule has 0 aromatic carbocycles. The summed E-state index contributed by atoms with van der Waals surface area (Å²) in [6.07, 6.45) is 13.5. The van der Waals surface area contributed by atoms with E-state index in [-0.39, 0.29) is 0 Å². The highest BCUT2D eigenvalue weighted by molar-refractivity contribution is 6.88. The minimum atomic E-state index is -2.32. The van der Waals surface area contributed by atoms with E-state index in [1.54, 1.807) is 0 Å². The second-order valence-corrected chi connectivity index (χ2v) is 30.4. The van der Waals surface area contributed by atoms with Crippen molar-refractivity contribution < 1.29 is 16.5 Å². The summed E-state index contributed by atoms with van der Waals surface area (Å²) in [5.74, 6) is 0. The maximum atomic E-state index is 6.81. The van der Waals surface area contributed by atoms with Crippen LogP contribution in [0, 0.1) is 0 Å². The highest BCUT2D eigenvalue weighted by Gasteiger charge is 2.43. The van der Waals surface area contributed by atoms with Gasteiger partial charge in [0, 0.05) is 0 Å². The largest absolute Gasteiger partial charge is 0.439 e. The van der Waals surface area contributed by atoms with E-state index in [0.29, 0.717) is 0 Å². The third-order valence-electron chi connectivity index (χ3n) is 4.93. The van der Waals surface area contributed by atoms with Gasteiger partial charge in [0.25, 0.3) is 9.28 Å². The second-order valence-electron chi connectivity index (χ2n) is 11.7. The molecule has 9 heteroatoms. The van der Waals surface area contributed by atoms with Crippen molar-refractivity contribution in [2.24, 2.45) is 0 Å². The van der Waals surface area contributed by atoms with E-state index in [0.717, 1.165) is 6.04 Å². The molecule has 0 aliphatic heterocycles. The molecule has 0 spiro atoms. The predicted molar refractivity (Wildman–Crippen MR) is 150 cm³/mol. The Kier molecular flexibility index (Phi) is 15.5. The maximum absolute atomic E-state index is 6.81. The molecule has 0 aromatic heterocycles. The van der Waals surface area contributed by atoms with Crippen LogP contribution < -0.4 is 0 Å². The summed E-state index contributed by atoms with van der Waals surface area (Å²) in [7, 11) is -9.48. The fourth-order valence-corrected chi connectivity index (χ4v) is 24.6. The van der Waals surface area contributed by atoms with Gasteiger partial charge < -0.3 is 16.5 Å². The summed E-state index contributed by atoms with van der Waals surface area (Å²) < 4.78 is 26.3. The first kappa shape index (κ1) is 31.9. The highest BCUT2D eigenvalue weighted by atomic mass is 28.5. The van der Waals surface area contributed by atoms with E-state index in [2.05, 4.69) is 72.4 Å². The normalized spacial score (nSPS) is 16.4. The number of rotatable bonds is 19. The van der Waals surface area contributed by atoms with Crippen molar-refractivity contribution in [1.29, 1.82) is 0 Å². The van der Waals surface area contributed by atoms with Crippen LogP contribution in [0.2, 0.25) is 71.5 Å². The first-order valence-corrected chi connectivity index (χ1v) is 27.1. The van der Waals surface area contributed by atoms with Crippen molar-refractivity contribution in [3.8, 4) is 0 Å². The minimum absolute atomic E-state index is 1.06. The molecule has 0 saturated heterocycles. The summed E-state index contributed by atoms with van der Waals surface area (Å²) in [5, 5.41) is 0. The molecule has 0 aliphatic carbocycles. The first-order valence-electron chi connectivity index (χ1n) is 12.8. The molecule has 31 heavy (non-hydrogen) atoms. The minimum Gasteiger partial charge on any atom is -0.439 e. The van der Waals surface area contributed by atoms with Crippen LogP contribution in [0.25, 0.3) is 0 Å². The Morgan fingerprint density at radius 2 is 1.00 bits per heavy atom. The van der Waals surface area contributed by atoms with Crippen LogP contribution in [0.3, 0.4) is 0 Å². The molecule has 0 fully saturated rings. The fourth-order valence-electron chi connectivity index (χ4n) is 4.22. The van der Waals surface area contributed by atoms with E-state index >= 15 is 0 Å². The van der Waals surface area contributed by atoms with Crippen LogP contribution in [0.15, 0.2) is 0 Å². The van der Waals surface area contributed by atoms with Crippen LogP contribution in [0.5, 0.6) is 0 Å². The molecule has 0 radical (unpaired) electrons. The van der Waals surface area contributed by atoms with Crippen molar-refractivity contribution >= 4 is 43.0 Å². The van der Waals surface area contributed by atoms with Gasteiger partial charge in [-0.3, -0.25) is 0 Å². The highest BCUT2D eigenvalue weighted by Crippen LogP contribution is 2.27. The van der Waals surface area contributed by atoms with Gasteiger partial charge in [-0.2, -0.15) is 0 Å². The summed E-state index contributed by atoms with van der Waals surface area (Å²) in [6.45, 7) is 24.6. The molecular formula is C22H56O4Si5. The lowest BCUT2D eigenvalue weighted by molar-refractivity contribution is 0.304. The standard InChI is InChI=1S/C22H56O4Si5/c1-12-13-14-15-16-17-18-19-20-21-22-31(11,24-27(2)23-28(3,4)5)26-30(9,10)25-29(6,7)8/h27H,12-22H2,1-11H3. The van der Waals surface area contributed by atoms with Gasteiger partial charge in [-0.1, -0.05) is 71.1 Å². The number of hydrogen-bond acceptors (Lipinski definition) is 4. The predicted octanol–water partition coefficient (Wildman–Crippen LogP) is 8.27. The fraction of sp³-hybridized carbons (Fsp3) is 1.00. The second kappa shape index (κ2) is 15.0. The van der Waals surface area contributed by atoms with Crippen LogP contribution in [0.4, 0.5) is 0 Å². The Labute approximate surface area is 201 Å². The maximum Gasteiger partial charge on any atom is 0.317 e. The molecule has 0 bridgehead atoms. The Morgan fingerprint density at radius 3 is 1.42 bits per heavy atom. The van der Waals surface area contributed by atoms with E-state index in [4.69, 9.17) is 16.5 Å². The van der Waals surface area contributed by atoms with E-state index in [1.165, 1.54) is 64.2 Å². The molecule has 0 N–H and O–H groups in total. The topological polar surface area (TPSA) is 36.9 Å². The number of hydrogen-bond donors (Lipinski definition) is 0. The molecule has 0 aliphatic rings. The Hall–Kier alpha value is 0.924. The Morgan fingerprint density at radius 1 is 0.548 bits per heavy atom. The van der Waals surface area contributed by atoms with Gasteiger partial charge in [0.15, 0.2) is 16.6 Å². The lowest BCUT2D eigenvalue weighted by Crippen LogP contribution is -2.56. The monoisotopic (exact) mass is 524 g/mol. The van der Waals surface area contributed by atoms with Gasteiger partial charge in [-0.25, -0.2) is 0 Å². The van der Waals surface area contributed by atoms with Crippen molar-refractivity contribution in [2.75, 3.05) is 0 Å². The van der Waals surface area contributed by atoms with E-state index in [1.807, 2.05) is 0 Å². The van der Waals surface area contributed by atoms with Crippen LogP contribution in [-0.2, 0) is 16.5 Å². The van der Waals surface area contributed by atoms with Gasteiger partial charge in [-0.15, -0.1) is 0 Å². The molecule has 188 valence electrons. The quantitative estimate of drug-likeness (QED) is 0.126. The van der Waals surface area contributed by atoms with Gasteiger partial charge in [0.05, 0.1) is 0 Å². The van der Waals surface area contributed by atoms with Crippen LogP contribution in [-0.4, -0.2) is 43.0 Å². The van der Waals surface area contributed by atoms with Crippen LogP contribution >= 0.6 is 0 Å². The van der Waals surface area contributed by atoms with E-state index in [9.17, 15) is 0 Å². The third kappa shape index (κ3) is 20.0. The number of unbranched alkanes of at least 4 members (excludes halogenated alkanes) is 9. The molecule has 0 amide bonds. The van der Waals surface area contributed by atoms with Crippen LogP contribution in [0.1, 0.15) is 71.1 Å². The molecular weight excluding hydrogens is 469 g/mol. The summed E-state index contributed by atoms with van der Waals surface area (Å²) >= 11 is 0. The average Bonchev–Trinajstić information content (AvgIpc) is 2.51. The first-order chi connectivity index (χ1) is 14.1. The van der Waals surface area contributed by atoms with Gasteiger partial charge in [-0.05, 0) is 71.5 Å². The average molecular weight is 525 g/mol.